The Bertz CT molecular complexity index is 1910. The van der Waals surface area contributed by atoms with E-state index in [4.69, 9.17) is 28.2 Å². The lowest BCUT2D eigenvalue weighted by molar-refractivity contribution is -0.139. The lowest BCUT2D eigenvalue weighted by Gasteiger charge is -2.37. The number of nitrogens with zero attached hydrogens (tertiary/aromatic N) is 3. The average Bonchev–Trinajstić information content (AvgIpc) is 3.47. The molecule has 3 saturated heterocycles. The van der Waals surface area contributed by atoms with Crippen LogP contribution in [0.15, 0.2) is 30.3 Å². The van der Waals surface area contributed by atoms with Gasteiger partial charge in [-0.15, -0.1) is 0 Å². The summed E-state index contributed by atoms with van der Waals surface area (Å²) in [4.78, 5) is 23.6. The Kier molecular flexibility index (Phi) is 7.52. The van der Waals surface area contributed by atoms with Crippen molar-refractivity contribution in [3.8, 4) is 17.2 Å². The number of carbonyl (C=O) groups excluding carboxylic acids is 1. The van der Waals surface area contributed by atoms with Gasteiger partial charge in [-0.1, -0.05) is 35.3 Å². The van der Waals surface area contributed by atoms with Gasteiger partial charge < -0.3 is 20.3 Å². The summed E-state index contributed by atoms with van der Waals surface area (Å²) in [7, 11) is 0. The second-order valence-electron chi connectivity index (χ2n) is 13.9. The molecule has 2 aromatic carbocycles. The van der Waals surface area contributed by atoms with Crippen LogP contribution in [0.4, 0.5) is 4.39 Å². The summed E-state index contributed by atoms with van der Waals surface area (Å²) < 4.78 is 16.5. The number of aromatic nitrogens is 2. The summed E-state index contributed by atoms with van der Waals surface area (Å²) in [6, 6.07) is 11.9. The third kappa shape index (κ3) is 4.90. The second-order valence-corrected chi connectivity index (χ2v) is 14.6. The average molecular weight is 661 g/mol. The first kappa shape index (κ1) is 30.1. The lowest BCUT2D eigenvalue weighted by Crippen LogP contribution is -2.44. The summed E-state index contributed by atoms with van der Waals surface area (Å²) in [6.45, 7) is 3.15. The fourth-order valence-electron chi connectivity index (χ4n) is 8.39. The molecule has 10 heteroatoms. The standard InChI is InChI=1S/C31H27Cl2FN4O2.C5H9N/c1-14-19-13-23(30-20-11-17(12-24(20)39)38(30)31(40)15-7-8-15)37-28(19)21-10-16(4-3-9-35)25(27(34)29(21)36-14)18-5-2-6-22(32)26(18)33;1-4-2-5(1)6-3-4/h2,5-6,10,13,15,17,20,24,30,37,39H,3-4,7-8,11-12H2,1H3;4-6H,1-3H2. The Hall–Kier alpha value is -3.22. The maximum atomic E-state index is 16.5. The molecule has 0 spiro atoms. The first-order valence-electron chi connectivity index (χ1n) is 16.4. The third-order valence-corrected chi connectivity index (χ3v) is 11.7. The zero-order chi connectivity index (χ0) is 31.9. The van der Waals surface area contributed by atoms with Crippen molar-refractivity contribution in [1.29, 1.82) is 5.26 Å². The minimum absolute atomic E-state index is 0.0419. The van der Waals surface area contributed by atoms with E-state index in [1.165, 1.54) is 19.4 Å². The van der Waals surface area contributed by atoms with Gasteiger partial charge in [-0.25, -0.2) is 9.37 Å². The molecule has 3 aliphatic carbocycles. The van der Waals surface area contributed by atoms with Crippen LogP contribution in [0, 0.1) is 41.8 Å². The van der Waals surface area contributed by atoms with Gasteiger partial charge in [0.05, 0.1) is 33.8 Å². The van der Waals surface area contributed by atoms with Gasteiger partial charge in [-0.2, -0.15) is 5.26 Å². The van der Waals surface area contributed by atoms with Crippen LogP contribution in [0.2, 0.25) is 10.0 Å². The minimum atomic E-state index is -0.517. The summed E-state index contributed by atoms with van der Waals surface area (Å²) in [5, 5.41) is 25.5. The van der Waals surface area contributed by atoms with Crippen LogP contribution in [0.25, 0.3) is 32.9 Å². The van der Waals surface area contributed by atoms with Crippen molar-refractivity contribution in [2.75, 3.05) is 6.54 Å². The predicted molar refractivity (Wildman–Crippen MR) is 177 cm³/mol. The second kappa shape index (κ2) is 11.5. The van der Waals surface area contributed by atoms with Crippen molar-refractivity contribution < 1.29 is 14.3 Å². The Morgan fingerprint density at radius 3 is 2.65 bits per heavy atom. The van der Waals surface area contributed by atoms with E-state index in [1.54, 1.807) is 18.2 Å². The number of pyridine rings is 1. The lowest BCUT2D eigenvalue weighted by atomic mass is 9.87. The number of benzene rings is 2. The molecule has 7 nitrogen and oxygen atoms in total. The molecular weight excluding hydrogens is 624 g/mol. The number of hydrogen-bond donors (Lipinski definition) is 3. The number of fused-ring (bicyclic) bond motifs is 6. The van der Waals surface area contributed by atoms with E-state index in [0.717, 1.165) is 47.8 Å². The molecule has 4 unspecified atom stereocenters. The maximum absolute atomic E-state index is 16.5. The largest absolute Gasteiger partial charge is 0.393 e. The van der Waals surface area contributed by atoms with E-state index in [0.29, 0.717) is 45.6 Å². The first-order valence-corrected chi connectivity index (χ1v) is 17.2. The molecule has 3 saturated carbocycles. The summed E-state index contributed by atoms with van der Waals surface area (Å²) in [6.07, 6.45) is 6.27. The van der Waals surface area contributed by atoms with Gasteiger partial charge in [0.15, 0.2) is 5.82 Å². The number of rotatable bonds is 5. The Balaban J connectivity index is 0.000000462. The number of aryl methyl sites for hydroxylation is 2. The molecule has 238 valence electrons. The molecular formula is C36H36Cl2FN5O2. The summed E-state index contributed by atoms with van der Waals surface area (Å²) in [5.74, 6) is 0.781. The fourth-order valence-corrected chi connectivity index (χ4v) is 8.79. The van der Waals surface area contributed by atoms with E-state index in [9.17, 15) is 15.2 Å². The van der Waals surface area contributed by atoms with Crippen LogP contribution in [0.3, 0.4) is 0 Å². The fraction of sp³-hybridized carbons (Fsp3) is 0.472. The zero-order valence-corrected chi connectivity index (χ0v) is 27.1. The number of aliphatic hydroxyl groups is 1. The monoisotopic (exact) mass is 659 g/mol. The van der Waals surface area contributed by atoms with Gasteiger partial charge in [0, 0.05) is 63.6 Å². The van der Waals surface area contributed by atoms with Crippen molar-refractivity contribution in [3.05, 3.63) is 63.1 Å². The highest BCUT2D eigenvalue weighted by molar-refractivity contribution is 6.43. The molecule has 10 rings (SSSR count). The van der Waals surface area contributed by atoms with Gasteiger partial charge in [0.2, 0.25) is 5.91 Å². The van der Waals surface area contributed by atoms with Gasteiger partial charge >= 0.3 is 0 Å². The SMILES string of the molecule is C1NC2CC1C2.Cc1nc2c(F)c(-c3cccc(Cl)c3Cl)c(CCC#N)cc2c2[nH]c(C3C4CC(CC4O)N3C(=O)C3CC3)cc12. The molecule has 2 aromatic heterocycles. The third-order valence-electron chi connectivity index (χ3n) is 10.9. The number of nitrogens with one attached hydrogen (secondary N) is 2. The van der Waals surface area contributed by atoms with Crippen LogP contribution < -0.4 is 5.32 Å². The van der Waals surface area contributed by atoms with Crippen molar-refractivity contribution in [2.24, 2.45) is 17.8 Å². The van der Waals surface area contributed by atoms with Crippen molar-refractivity contribution in [2.45, 2.75) is 82.5 Å². The van der Waals surface area contributed by atoms with Gasteiger partial charge in [-0.3, -0.25) is 4.79 Å². The Morgan fingerprint density at radius 2 is 1.98 bits per heavy atom. The van der Waals surface area contributed by atoms with Gasteiger partial charge in [-0.05, 0) is 88.1 Å². The number of amides is 1. The zero-order valence-electron chi connectivity index (χ0n) is 25.6. The van der Waals surface area contributed by atoms with E-state index in [2.05, 4.69) is 16.4 Å². The minimum Gasteiger partial charge on any atom is -0.393 e. The molecule has 6 fully saturated rings. The number of aromatic amines is 1. The molecule has 4 aromatic rings. The molecule has 3 N–H and O–H groups in total. The first-order chi connectivity index (χ1) is 22.2. The number of nitriles is 1. The molecule has 4 atom stereocenters. The highest BCUT2D eigenvalue weighted by atomic mass is 35.5. The van der Waals surface area contributed by atoms with Gasteiger partial charge in [0.1, 0.15) is 5.52 Å². The van der Waals surface area contributed by atoms with Crippen molar-refractivity contribution in [1.82, 2.24) is 20.2 Å². The number of likely N-dealkylation sites (tertiary alicyclic amines) is 1. The molecule has 4 bridgehead atoms. The quantitative estimate of drug-likeness (QED) is 0.207. The number of H-pyrrole nitrogens is 1. The van der Waals surface area contributed by atoms with E-state index in [-0.39, 0.29) is 46.8 Å². The smallest absolute Gasteiger partial charge is 0.226 e. The number of aliphatic hydroxyl groups excluding tert-OH is 1. The molecule has 3 aliphatic heterocycles. The summed E-state index contributed by atoms with van der Waals surface area (Å²) in [5.41, 5.74) is 3.82. The highest BCUT2D eigenvalue weighted by Gasteiger charge is 2.55. The normalized spacial score (nSPS) is 27.5. The summed E-state index contributed by atoms with van der Waals surface area (Å²) >= 11 is 12.8. The van der Waals surface area contributed by atoms with E-state index < -0.39 is 11.9 Å². The predicted octanol–water partition coefficient (Wildman–Crippen LogP) is 7.39. The van der Waals surface area contributed by atoms with Crippen molar-refractivity contribution in [3.63, 3.8) is 0 Å². The molecule has 0 radical (unpaired) electrons. The van der Waals surface area contributed by atoms with Crippen LogP contribution in [-0.2, 0) is 11.2 Å². The highest BCUT2D eigenvalue weighted by Crippen LogP contribution is 2.53. The number of hydrogen-bond acceptors (Lipinski definition) is 5. The molecule has 1 amide bonds. The number of carbonyl (C=O) groups is 1. The number of piperidine rings is 1. The van der Waals surface area contributed by atoms with E-state index in [1.807, 2.05) is 24.0 Å². The Morgan fingerprint density at radius 1 is 1.17 bits per heavy atom. The Labute approximate surface area is 277 Å². The van der Waals surface area contributed by atoms with Gasteiger partial charge in [0.25, 0.3) is 0 Å². The van der Waals surface area contributed by atoms with Crippen LogP contribution in [0.5, 0.6) is 0 Å². The van der Waals surface area contributed by atoms with Crippen LogP contribution >= 0.6 is 23.2 Å². The van der Waals surface area contributed by atoms with Crippen LogP contribution in [-0.4, -0.2) is 50.6 Å². The molecule has 6 aliphatic rings. The van der Waals surface area contributed by atoms with Crippen molar-refractivity contribution >= 4 is 50.9 Å². The molecule has 5 heterocycles. The number of halogens is 3. The molecule has 46 heavy (non-hydrogen) atoms. The maximum Gasteiger partial charge on any atom is 0.226 e. The van der Waals surface area contributed by atoms with Crippen LogP contribution in [0.1, 0.15) is 67.9 Å². The topological polar surface area (TPSA) is 105 Å². The van der Waals surface area contributed by atoms with E-state index >= 15 is 4.39 Å².